The molecule has 0 bridgehead atoms. The normalized spacial score (nSPS) is 10.7. The average molecular weight is 351 g/mol. The predicted molar refractivity (Wildman–Crippen MR) is 103 cm³/mol. The Kier molecular flexibility index (Phi) is 10.2. The SMILES string of the molecule is CCCCSCCC(=O)NCc1cccc(NC(=O)CC(C)C)c1. The van der Waals surface area contributed by atoms with Gasteiger partial charge in [0, 0.05) is 30.8 Å². The van der Waals surface area contributed by atoms with Crippen molar-refractivity contribution in [1.82, 2.24) is 5.32 Å². The van der Waals surface area contributed by atoms with Crippen molar-refractivity contribution in [3.63, 3.8) is 0 Å². The van der Waals surface area contributed by atoms with Gasteiger partial charge in [-0.05, 0) is 35.8 Å². The lowest BCUT2D eigenvalue weighted by atomic mass is 10.1. The number of benzene rings is 1. The Labute approximate surface area is 150 Å². The van der Waals surface area contributed by atoms with Gasteiger partial charge in [-0.2, -0.15) is 11.8 Å². The van der Waals surface area contributed by atoms with Gasteiger partial charge in [0.1, 0.15) is 0 Å². The number of anilines is 1. The monoisotopic (exact) mass is 350 g/mol. The molecule has 0 fully saturated rings. The summed E-state index contributed by atoms with van der Waals surface area (Å²) in [6.45, 7) is 6.71. The zero-order chi connectivity index (χ0) is 17.8. The number of unbranched alkanes of at least 4 members (excludes halogenated alkanes) is 1. The van der Waals surface area contributed by atoms with Gasteiger partial charge in [0.05, 0.1) is 0 Å². The molecule has 2 amide bonds. The second kappa shape index (κ2) is 12.0. The Morgan fingerprint density at radius 1 is 1.17 bits per heavy atom. The molecule has 0 aliphatic rings. The summed E-state index contributed by atoms with van der Waals surface area (Å²) in [4.78, 5) is 23.6. The lowest BCUT2D eigenvalue weighted by Crippen LogP contribution is -2.23. The minimum atomic E-state index is 0.0234. The van der Waals surface area contributed by atoms with E-state index in [2.05, 4.69) is 17.6 Å². The largest absolute Gasteiger partial charge is 0.352 e. The summed E-state index contributed by atoms with van der Waals surface area (Å²) in [6.07, 6.45) is 3.47. The number of hydrogen-bond donors (Lipinski definition) is 2. The van der Waals surface area contributed by atoms with E-state index in [4.69, 9.17) is 0 Å². The van der Waals surface area contributed by atoms with Crippen LogP contribution in [-0.2, 0) is 16.1 Å². The molecule has 0 aliphatic heterocycles. The third kappa shape index (κ3) is 9.60. The molecular formula is C19H30N2O2S. The van der Waals surface area contributed by atoms with Gasteiger partial charge in [-0.1, -0.05) is 39.3 Å². The molecule has 0 unspecified atom stereocenters. The van der Waals surface area contributed by atoms with E-state index in [0.29, 0.717) is 25.3 Å². The summed E-state index contributed by atoms with van der Waals surface area (Å²) in [5.41, 5.74) is 1.77. The number of hydrogen-bond acceptors (Lipinski definition) is 3. The van der Waals surface area contributed by atoms with E-state index in [1.165, 1.54) is 12.8 Å². The maximum atomic E-state index is 11.8. The van der Waals surface area contributed by atoms with Gasteiger partial charge >= 0.3 is 0 Å². The van der Waals surface area contributed by atoms with Crippen LogP contribution in [0, 0.1) is 5.92 Å². The number of amides is 2. The molecule has 5 heteroatoms. The fraction of sp³-hybridized carbons (Fsp3) is 0.579. The van der Waals surface area contributed by atoms with Gasteiger partial charge in [-0.15, -0.1) is 0 Å². The van der Waals surface area contributed by atoms with E-state index in [0.717, 1.165) is 22.8 Å². The fourth-order valence-corrected chi connectivity index (χ4v) is 3.17. The zero-order valence-corrected chi connectivity index (χ0v) is 15.9. The van der Waals surface area contributed by atoms with Crippen LogP contribution < -0.4 is 10.6 Å². The molecule has 4 nitrogen and oxygen atoms in total. The van der Waals surface area contributed by atoms with Crippen molar-refractivity contribution in [3.05, 3.63) is 29.8 Å². The first-order valence-electron chi connectivity index (χ1n) is 8.74. The van der Waals surface area contributed by atoms with Crippen LogP contribution in [0.15, 0.2) is 24.3 Å². The summed E-state index contributed by atoms with van der Waals surface area (Å²) < 4.78 is 0. The van der Waals surface area contributed by atoms with Gasteiger partial charge in [0.15, 0.2) is 0 Å². The van der Waals surface area contributed by atoms with Crippen LogP contribution in [0.25, 0.3) is 0 Å². The van der Waals surface area contributed by atoms with Crippen molar-refractivity contribution in [2.75, 3.05) is 16.8 Å². The van der Waals surface area contributed by atoms with E-state index in [1.54, 1.807) is 0 Å². The Morgan fingerprint density at radius 2 is 1.96 bits per heavy atom. The Hall–Kier alpha value is -1.49. The first kappa shape index (κ1) is 20.6. The molecule has 0 spiro atoms. The van der Waals surface area contributed by atoms with Crippen molar-refractivity contribution in [2.45, 2.75) is 53.0 Å². The first-order valence-corrected chi connectivity index (χ1v) is 9.90. The average Bonchev–Trinajstić information content (AvgIpc) is 2.52. The van der Waals surface area contributed by atoms with Crippen molar-refractivity contribution in [2.24, 2.45) is 5.92 Å². The lowest BCUT2D eigenvalue weighted by Gasteiger charge is -2.10. The van der Waals surface area contributed by atoms with Crippen molar-refractivity contribution < 1.29 is 9.59 Å². The Bertz CT molecular complexity index is 518. The third-order valence-electron chi connectivity index (χ3n) is 3.41. The van der Waals surface area contributed by atoms with Crippen LogP contribution in [-0.4, -0.2) is 23.3 Å². The topological polar surface area (TPSA) is 58.2 Å². The standard InChI is InChI=1S/C19H30N2O2S/c1-4-5-10-24-11-9-18(22)20-14-16-7-6-8-17(13-16)21-19(23)12-15(2)3/h6-8,13,15H,4-5,9-12,14H2,1-3H3,(H,20,22)(H,21,23). The van der Waals surface area contributed by atoms with Gasteiger partial charge in [0.2, 0.25) is 11.8 Å². The fourth-order valence-electron chi connectivity index (χ4n) is 2.14. The molecule has 1 rings (SSSR count). The Morgan fingerprint density at radius 3 is 2.67 bits per heavy atom. The van der Waals surface area contributed by atoms with E-state index in [1.807, 2.05) is 49.9 Å². The van der Waals surface area contributed by atoms with Crippen LogP contribution in [0.3, 0.4) is 0 Å². The van der Waals surface area contributed by atoms with Gasteiger partial charge in [0.25, 0.3) is 0 Å². The van der Waals surface area contributed by atoms with E-state index in [9.17, 15) is 9.59 Å². The summed E-state index contributed by atoms with van der Waals surface area (Å²) in [5, 5.41) is 5.84. The lowest BCUT2D eigenvalue weighted by molar-refractivity contribution is -0.121. The highest BCUT2D eigenvalue weighted by molar-refractivity contribution is 7.99. The number of nitrogens with one attached hydrogen (secondary N) is 2. The zero-order valence-electron chi connectivity index (χ0n) is 15.1. The van der Waals surface area contributed by atoms with Gasteiger partial charge in [-0.25, -0.2) is 0 Å². The quantitative estimate of drug-likeness (QED) is 0.588. The maximum Gasteiger partial charge on any atom is 0.224 e. The summed E-state index contributed by atoms with van der Waals surface area (Å²) in [6, 6.07) is 7.63. The molecule has 134 valence electrons. The van der Waals surface area contributed by atoms with E-state index in [-0.39, 0.29) is 11.8 Å². The predicted octanol–water partition coefficient (Wildman–Crippen LogP) is 4.21. The second-order valence-electron chi connectivity index (χ2n) is 6.34. The number of carbonyl (C=O) groups is 2. The highest BCUT2D eigenvalue weighted by Crippen LogP contribution is 2.12. The number of thioether (sulfide) groups is 1. The van der Waals surface area contributed by atoms with E-state index < -0.39 is 0 Å². The van der Waals surface area contributed by atoms with Crippen molar-refractivity contribution >= 4 is 29.3 Å². The molecule has 0 saturated carbocycles. The molecule has 24 heavy (non-hydrogen) atoms. The molecule has 1 aromatic carbocycles. The molecule has 0 aliphatic carbocycles. The van der Waals surface area contributed by atoms with Crippen LogP contribution in [0.5, 0.6) is 0 Å². The van der Waals surface area contributed by atoms with Crippen molar-refractivity contribution in [3.8, 4) is 0 Å². The van der Waals surface area contributed by atoms with Crippen molar-refractivity contribution in [1.29, 1.82) is 0 Å². The molecule has 0 radical (unpaired) electrons. The smallest absolute Gasteiger partial charge is 0.224 e. The van der Waals surface area contributed by atoms with Crippen LogP contribution in [0.1, 0.15) is 52.0 Å². The maximum absolute atomic E-state index is 11.8. The van der Waals surface area contributed by atoms with Crippen LogP contribution in [0.4, 0.5) is 5.69 Å². The first-order chi connectivity index (χ1) is 11.5. The molecule has 0 saturated heterocycles. The summed E-state index contributed by atoms with van der Waals surface area (Å²) in [5.74, 6) is 2.44. The summed E-state index contributed by atoms with van der Waals surface area (Å²) in [7, 11) is 0. The molecule has 0 atom stereocenters. The van der Waals surface area contributed by atoms with Gasteiger partial charge in [-0.3, -0.25) is 9.59 Å². The van der Waals surface area contributed by atoms with E-state index >= 15 is 0 Å². The van der Waals surface area contributed by atoms with Crippen LogP contribution in [0.2, 0.25) is 0 Å². The number of carbonyl (C=O) groups excluding carboxylic acids is 2. The molecule has 1 aromatic rings. The minimum absolute atomic E-state index is 0.0234. The second-order valence-corrected chi connectivity index (χ2v) is 7.56. The summed E-state index contributed by atoms with van der Waals surface area (Å²) >= 11 is 1.83. The molecule has 2 N–H and O–H groups in total. The third-order valence-corrected chi connectivity index (χ3v) is 4.48. The number of rotatable bonds is 11. The molecular weight excluding hydrogens is 320 g/mol. The van der Waals surface area contributed by atoms with Gasteiger partial charge < -0.3 is 10.6 Å². The van der Waals surface area contributed by atoms with Crippen LogP contribution >= 0.6 is 11.8 Å². The highest BCUT2D eigenvalue weighted by Gasteiger charge is 2.06. The molecule has 0 heterocycles. The Balaban J connectivity index is 2.33. The molecule has 0 aromatic heterocycles. The highest BCUT2D eigenvalue weighted by atomic mass is 32.2. The minimum Gasteiger partial charge on any atom is -0.352 e.